The van der Waals surface area contributed by atoms with Gasteiger partial charge in [-0.25, -0.2) is 10.4 Å². The van der Waals surface area contributed by atoms with E-state index in [1.54, 1.807) is 18.3 Å². The van der Waals surface area contributed by atoms with Crippen molar-refractivity contribution in [1.29, 1.82) is 0 Å². The monoisotopic (exact) mass is 402 g/mol. The van der Waals surface area contributed by atoms with Crippen LogP contribution in [0.4, 0.5) is 0 Å². The van der Waals surface area contributed by atoms with Gasteiger partial charge in [0.25, 0.3) is 11.5 Å². The van der Waals surface area contributed by atoms with E-state index in [0.29, 0.717) is 11.8 Å². The molecule has 0 radical (unpaired) electrons. The fourth-order valence-corrected chi connectivity index (χ4v) is 4.60. The van der Waals surface area contributed by atoms with Crippen LogP contribution in [-0.4, -0.2) is 21.2 Å². The number of hydrazone groups is 1. The Morgan fingerprint density at radius 1 is 1.41 bits per heavy atom. The number of amides is 1. The molecule has 142 valence electrons. The maximum Gasteiger partial charge on any atom is 0.263 e. The summed E-state index contributed by atoms with van der Waals surface area (Å²) in [5.74, 6) is -0.343. The summed E-state index contributed by atoms with van der Waals surface area (Å²) in [7, 11) is 0. The van der Waals surface area contributed by atoms with E-state index in [0.717, 1.165) is 33.1 Å². The molecule has 0 saturated carbocycles. The highest BCUT2D eigenvalue weighted by Gasteiger charge is 2.19. The number of thiophene rings is 2. The van der Waals surface area contributed by atoms with Crippen molar-refractivity contribution in [3.63, 3.8) is 0 Å². The molecular formula is C19H22N4O2S2. The molecule has 6 nitrogen and oxygen atoms in total. The van der Waals surface area contributed by atoms with Crippen molar-refractivity contribution in [2.45, 2.75) is 46.1 Å². The minimum Gasteiger partial charge on any atom is -0.286 e. The summed E-state index contributed by atoms with van der Waals surface area (Å²) < 4.78 is 1.37. The van der Waals surface area contributed by atoms with Gasteiger partial charge >= 0.3 is 0 Å². The van der Waals surface area contributed by atoms with Crippen LogP contribution in [0.15, 0.2) is 39.8 Å². The molecule has 0 aliphatic rings. The van der Waals surface area contributed by atoms with Crippen molar-refractivity contribution in [1.82, 2.24) is 15.0 Å². The minimum atomic E-state index is -0.700. The molecule has 3 aromatic rings. The number of aromatic nitrogens is 2. The van der Waals surface area contributed by atoms with Crippen molar-refractivity contribution in [3.8, 4) is 0 Å². The molecule has 27 heavy (non-hydrogen) atoms. The van der Waals surface area contributed by atoms with E-state index in [9.17, 15) is 9.59 Å². The van der Waals surface area contributed by atoms with Gasteiger partial charge in [-0.3, -0.25) is 14.2 Å². The quantitative estimate of drug-likeness (QED) is 0.480. The molecule has 3 heterocycles. The van der Waals surface area contributed by atoms with Crippen molar-refractivity contribution in [3.05, 3.63) is 50.0 Å². The van der Waals surface area contributed by atoms with Gasteiger partial charge in [0, 0.05) is 4.88 Å². The Bertz CT molecular complexity index is 1020. The molecule has 0 fully saturated rings. The fraction of sp³-hybridized carbons (Fsp3) is 0.368. The van der Waals surface area contributed by atoms with E-state index in [1.165, 1.54) is 22.2 Å². The predicted molar refractivity (Wildman–Crippen MR) is 112 cm³/mol. The highest BCUT2D eigenvalue weighted by molar-refractivity contribution is 7.18. The van der Waals surface area contributed by atoms with Gasteiger partial charge in [0.05, 0.1) is 22.3 Å². The van der Waals surface area contributed by atoms with Crippen LogP contribution in [0.3, 0.4) is 0 Å². The molecule has 1 amide bonds. The molecule has 0 unspecified atom stereocenters. The van der Waals surface area contributed by atoms with Gasteiger partial charge in [-0.1, -0.05) is 26.3 Å². The number of fused-ring (bicyclic) bond motifs is 1. The summed E-state index contributed by atoms with van der Waals surface area (Å²) in [4.78, 5) is 32.6. The van der Waals surface area contributed by atoms with Crippen LogP contribution in [0, 0.1) is 0 Å². The number of aryl methyl sites for hydroxylation is 1. The molecule has 0 bridgehead atoms. The van der Waals surface area contributed by atoms with Gasteiger partial charge < -0.3 is 0 Å². The number of nitrogens with one attached hydrogen (secondary N) is 1. The molecule has 0 aliphatic carbocycles. The fourth-order valence-electron chi connectivity index (χ4n) is 2.73. The van der Waals surface area contributed by atoms with Crippen LogP contribution in [0.2, 0.25) is 0 Å². The van der Waals surface area contributed by atoms with Gasteiger partial charge in [0.1, 0.15) is 10.9 Å². The Labute approximate surface area is 165 Å². The van der Waals surface area contributed by atoms with Gasteiger partial charge in [-0.05, 0) is 37.3 Å². The van der Waals surface area contributed by atoms with E-state index in [4.69, 9.17) is 0 Å². The zero-order chi connectivity index (χ0) is 19.4. The lowest BCUT2D eigenvalue weighted by molar-refractivity contribution is -0.123. The second-order valence-corrected chi connectivity index (χ2v) is 8.24. The normalized spacial score (nSPS) is 13.1. The van der Waals surface area contributed by atoms with Gasteiger partial charge in [0.15, 0.2) is 0 Å². The van der Waals surface area contributed by atoms with Crippen LogP contribution >= 0.6 is 22.7 Å². The lowest BCUT2D eigenvalue weighted by Crippen LogP contribution is -2.34. The molecule has 0 spiro atoms. The third-order valence-electron chi connectivity index (χ3n) is 4.26. The van der Waals surface area contributed by atoms with E-state index in [1.807, 2.05) is 30.5 Å². The molecule has 3 rings (SSSR count). The first kappa shape index (κ1) is 19.4. The Morgan fingerprint density at radius 3 is 2.89 bits per heavy atom. The Kier molecular flexibility index (Phi) is 6.18. The van der Waals surface area contributed by atoms with Crippen molar-refractivity contribution in [2.75, 3.05) is 0 Å². The summed E-state index contributed by atoms with van der Waals surface area (Å²) in [5, 5.41) is 6.79. The van der Waals surface area contributed by atoms with Gasteiger partial charge in [0.2, 0.25) is 0 Å². The first-order chi connectivity index (χ1) is 13.0. The SMILES string of the molecule is CCCc1cc2c(=O)n([C@H](C)C(=O)N/N=C(/CC)c3cccs3)cnc2s1. The zero-order valence-electron chi connectivity index (χ0n) is 15.6. The molecule has 1 atom stereocenters. The minimum absolute atomic E-state index is 0.195. The molecule has 1 N–H and O–H groups in total. The lowest BCUT2D eigenvalue weighted by Gasteiger charge is -2.13. The number of hydrogen-bond acceptors (Lipinski definition) is 6. The second-order valence-electron chi connectivity index (χ2n) is 6.18. The largest absolute Gasteiger partial charge is 0.286 e. The molecule has 0 aromatic carbocycles. The molecular weight excluding hydrogens is 380 g/mol. The van der Waals surface area contributed by atoms with E-state index >= 15 is 0 Å². The Morgan fingerprint density at radius 2 is 2.22 bits per heavy atom. The van der Waals surface area contributed by atoms with Crippen LogP contribution < -0.4 is 11.0 Å². The lowest BCUT2D eigenvalue weighted by atomic mass is 10.2. The van der Waals surface area contributed by atoms with Crippen molar-refractivity contribution in [2.24, 2.45) is 5.10 Å². The summed E-state index contributed by atoms with van der Waals surface area (Å²) >= 11 is 3.11. The Hall–Kier alpha value is -2.32. The molecule has 3 aromatic heterocycles. The first-order valence-electron chi connectivity index (χ1n) is 8.95. The molecule has 0 saturated heterocycles. The molecule has 8 heteroatoms. The molecule has 0 aliphatic heterocycles. The van der Waals surface area contributed by atoms with Crippen molar-refractivity contribution >= 4 is 44.5 Å². The van der Waals surface area contributed by atoms with Crippen LogP contribution in [0.5, 0.6) is 0 Å². The van der Waals surface area contributed by atoms with Crippen LogP contribution in [0.25, 0.3) is 10.2 Å². The topological polar surface area (TPSA) is 76.3 Å². The summed E-state index contributed by atoms with van der Waals surface area (Å²) in [6.45, 7) is 5.76. The third-order valence-corrected chi connectivity index (χ3v) is 6.28. The van der Waals surface area contributed by atoms with E-state index in [-0.39, 0.29) is 11.5 Å². The number of carbonyl (C=O) groups is 1. The zero-order valence-corrected chi connectivity index (χ0v) is 17.2. The van der Waals surface area contributed by atoms with Gasteiger partial charge in [-0.15, -0.1) is 22.7 Å². The summed E-state index contributed by atoms with van der Waals surface area (Å²) in [6.07, 6.45) is 4.10. The summed E-state index contributed by atoms with van der Waals surface area (Å²) in [5.41, 5.74) is 3.21. The number of rotatable bonds is 7. The highest BCUT2D eigenvalue weighted by atomic mass is 32.1. The smallest absolute Gasteiger partial charge is 0.263 e. The maximum absolute atomic E-state index is 12.8. The Balaban J connectivity index is 1.82. The van der Waals surface area contributed by atoms with Gasteiger partial charge in [-0.2, -0.15) is 5.10 Å². The number of nitrogens with zero attached hydrogens (tertiary/aromatic N) is 3. The van der Waals surface area contributed by atoms with Crippen LogP contribution in [-0.2, 0) is 11.2 Å². The maximum atomic E-state index is 12.8. The standard InChI is InChI=1S/C19H22N4O2S2/c1-4-7-13-10-14-18(27-13)20-11-23(19(14)25)12(3)17(24)22-21-15(5-2)16-8-6-9-26-16/h6,8-12H,4-5,7H2,1-3H3,(H,22,24)/b21-15-/t12-/m1/s1. The second kappa shape index (κ2) is 8.58. The van der Waals surface area contributed by atoms with Crippen LogP contribution in [0.1, 0.15) is 49.4 Å². The first-order valence-corrected chi connectivity index (χ1v) is 10.6. The van der Waals surface area contributed by atoms with Crippen molar-refractivity contribution < 1.29 is 4.79 Å². The average molecular weight is 403 g/mol. The number of carbonyl (C=O) groups excluding carboxylic acids is 1. The summed E-state index contributed by atoms with van der Waals surface area (Å²) in [6, 6.07) is 5.11. The number of hydrogen-bond donors (Lipinski definition) is 1. The third kappa shape index (κ3) is 4.17. The van der Waals surface area contributed by atoms with E-state index < -0.39 is 6.04 Å². The van der Waals surface area contributed by atoms with E-state index in [2.05, 4.69) is 22.4 Å². The predicted octanol–water partition coefficient (Wildman–Crippen LogP) is 3.96. The average Bonchev–Trinajstić information content (AvgIpc) is 3.32. The highest BCUT2D eigenvalue weighted by Crippen LogP contribution is 2.22.